The minimum atomic E-state index is -0.924. The Bertz CT molecular complexity index is 163. The number of rotatable bonds is 0. The van der Waals surface area contributed by atoms with Crippen LogP contribution in [0.4, 0.5) is 8.78 Å². The molecule has 2 heteroatoms. The minimum Gasteiger partial charge on any atom is -0.281 e. The van der Waals surface area contributed by atoms with Gasteiger partial charge in [0.1, 0.15) is 0 Å². The van der Waals surface area contributed by atoms with Crippen molar-refractivity contribution in [3.05, 3.63) is 35.9 Å². The molecule has 0 amide bonds. The average molecular weight is 113 g/mol. The van der Waals surface area contributed by atoms with E-state index in [1.54, 1.807) is 0 Å². The number of hydrogen-bond acceptors (Lipinski definition) is 0. The lowest BCUT2D eigenvalue weighted by Crippen LogP contribution is -1.78. The number of benzene rings is 1. The third kappa shape index (κ3) is 0.832. The van der Waals surface area contributed by atoms with Crippen LogP contribution in [0.3, 0.4) is 0 Å². The Morgan fingerprint density at radius 3 is 2.50 bits per heavy atom. The molecule has 0 spiro atoms. The molecule has 0 aromatic heterocycles. The molecule has 0 aliphatic rings. The highest BCUT2D eigenvalue weighted by molar-refractivity contribution is 5.03. The van der Waals surface area contributed by atoms with Crippen LogP contribution in [-0.4, -0.2) is 0 Å². The van der Waals surface area contributed by atoms with E-state index in [9.17, 15) is 8.78 Å². The molecule has 0 aliphatic heterocycles. The average Bonchev–Trinajstić information content (AvgIpc) is 1.77. The smallest absolute Gasteiger partial charge is 0.0451 e. The van der Waals surface area contributed by atoms with Crippen LogP contribution in [0.15, 0.2) is 18.2 Å². The second-order valence-electron chi connectivity index (χ2n) is 1.33. The summed E-state index contributed by atoms with van der Waals surface area (Å²) in [6.45, 7) is 0. The molecule has 0 saturated heterocycles. The molecule has 0 nitrogen and oxygen atoms in total. The quantitative estimate of drug-likeness (QED) is 0.450. The molecule has 0 heterocycles. The highest BCUT2D eigenvalue weighted by Crippen LogP contribution is 2.00. The number of halogens is 2. The lowest BCUT2D eigenvalue weighted by molar-refractivity contribution is 0.507. The monoisotopic (exact) mass is 113 g/mol. The van der Waals surface area contributed by atoms with E-state index < -0.39 is 11.6 Å². The maximum absolute atomic E-state index is 11.9. The lowest BCUT2D eigenvalue weighted by atomic mass is 10.3. The van der Waals surface area contributed by atoms with Crippen molar-refractivity contribution < 1.29 is 8.78 Å². The molecule has 1 rings (SSSR count). The Morgan fingerprint density at radius 2 is 2.12 bits per heavy atom. The zero-order chi connectivity index (χ0) is 5.98. The first kappa shape index (κ1) is 5.22. The summed E-state index contributed by atoms with van der Waals surface area (Å²) in [7, 11) is 0. The third-order valence-corrected chi connectivity index (χ3v) is 0.759. The first-order valence-electron chi connectivity index (χ1n) is 2.12. The fraction of sp³-hybridized carbons (Fsp3) is 0. The van der Waals surface area contributed by atoms with Gasteiger partial charge in [-0.1, -0.05) is 0 Å². The standard InChI is InChI=1S/C6H3F2/c7-5-3-1-2-4-6(5)8/h1-3H/q-1. The summed E-state index contributed by atoms with van der Waals surface area (Å²) in [4.78, 5) is 0. The molecule has 1 aromatic rings. The summed E-state index contributed by atoms with van der Waals surface area (Å²) < 4.78 is 23.8. The van der Waals surface area contributed by atoms with E-state index in [2.05, 4.69) is 6.07 Å². The second kappa shape index (κ2) is 1.90. The van der Waals surface area contributed by atoms with Gasteiger partial charge >= 0.3 is 0 Å². The van der Waals surface area contributed by atoms with Crippen LogP contribution in [0.2, 0.25) is 0 Å². The van der Waals surface area contributed by atoms with E-state index in [0.717, 1.165) is 6.07 Å². The van der Waals surface area contributed by atoms with Gasteiger partial charge in [0.15, 0.2) is 0 Å². The molecule has 0 atom stereocenters. The van der Waals surface area contributed by atoms with Gasteiger partial charge in [0.05, 0.1) is 0 Å². The SMILES string of the molecule is Fc1[c-]cccc1F. The normalized spacial score (nSPS) is 9.25. The Morgan fingerprint density at radius 1 is 1.38 bits per heavy atom. The van der Waals surface area contributed by atoms with Gasteiger partial charge in [-0.3, -0.25) is 4.39 Å². The van der Waals surface area contributed by atoms with E-state index >= 15 is 0 Å². The zero-order valence-corrected chi connectivity index (χ0v) is 3.99. The van der Waals surface area contributed by atoms with Crippen LogP contribution >= 0.6 is 0 Å². The molecule has 0 aliphatic carbocycles. The Hall–Kier alpha value is -0.920. The summed E-state index contributed by atoms with van der Waals surface area (Å²) in [5.41, 5.74) is 0. The van der Waals surface area contributed by atoms with Crippen LogP contribution in [0.25, 0.3) is 0 Å². The molecule has 42 valence electrons. The van der Waals surface area contributed by atoms with Crippen molar-refractivity contribution in [3.8, 4) is 0 Å². The summed E-state index contributed by atoms with van der Waals surface area (Å²) in [5, 5.41) is 0. The first-order valence-corrected chi connectivity index (χ1v) is 2.12. The second-order valence-corrected chi connectivity index (χ2v) is 1.33. The largest absolute Gasteiger partial charge is 0.281 e. The van der Waals surface area contributed by atoms with Crippen molar-refractivity contribution in [2.24, 2.45) is 0 Å². The van der Waals surface area contributed by atoms with E-state index in [1.807, 2.05) is 0 Å². The van der Waals surface area contributed by atoms with Crippen molar-refractivity contribution in [1.29, 1.82) is 0 Å². The third-order valence-electron chi connectivity index (χ3n) is 0.759. The van der Waals surface area contributed by atoms with Gasteiger partial charge in [-0.05, 0) is 0 Å². The van der Waals surface area contributed by atoms with Crippen LogP contribution in [0, 0.1) is 17.7 Å². The van der Waals surface area contributed by atoms with Crippen molar-refractivity contribution in [3.63, 3.8) is 0 Å². The van der Waals surface area contributed by atoms with Crippen molar-refractivity contribution in [2.75, 3.05) is 0 Å². The maximum Gasteiger partial charge on any atom is 0.0451 e. The molecule has 8 heavy (non-hydrogen) atoms. The topological polar surface area (TPSA) is 0 Å². The fourth-order valence-corrected chi connectivity index (χ4v) is 0.396. The molecule has 0 saturated carbocycles. The Balaban J connectivity index is 3.13. The zero-order valence-electron chi connectivity index (χ0n) is 3.99. The molecular weight excluding hydrogens is 110 g/mol. The van der Waals surface area contributed by atoms with E-state index in [1.165, 1.54) is 12.1 Å². The van der Waals surface area contributed by atoms with E-state index in [-0.39, 0.29) is 0 Å². The van der Waals surface area contributed by atoms with E-state index in [0.29, 0.717) is 0 Å². The van der Waals surface area contributed by atoms with Gasteiger partial charge in [-0.25, -0.2) is 4.39 Å². The van der Waals surface area contributed by atoms with Crippen LogP contribution in [0.1, 0.15) is 0 Å². The fourth-order valence-electron chi connectivity index (χ4n) is 0.396. The summed E-state index contributed by atoms with van der Waals surface area (Å²) in [6.07, 6.45) is 0. The van der Waals surface area contributed by atoms with Gasteiger partial charge in [0, 0.05) is 11.6 Å². The van der Waals surface area contributed by atoms with Gasteiger partial charge in [0.25, 0.3) is 0 Å². The molecule has 1 aromatic carbocycles. The Labute approximate surface area is 45.8 Å². The molecule has 0 unspecified atom stereocenters. The molecule has 0 radical (unpaired) electrons. The van der Waals surface area contributed by atoms with Crippen molar-refractivity contribution in [1.82, 2.24) is 0 Å². The van der Waals surface area contributed by atoms with Gasteiger partial charge in [-0.2, -0.15) is 12.1 Å². The molecule has 0 bridgehead atoms. The number of hydrogen-bond donors (Lipinski definition) is 0. The molecular formula is C6H3F2-. The summed E-state index contributed by atoms with van der Waals surface area (Å²) in [6, 6.07) is 5.81. The van der Waals surface area contributed by atoms with Crippen molar-refractivity contribution >= 4 is 0 Å². The minimum absolute atomic E-state index is 0.854. The molecule has 0 N–H and O–H groups in total. The van der Waals surface area contributed by atoms with Crippen LogP contribution < -0.4 is 0 Å². The lowest BCUT2D eigenvalue weighted by Gasteiger charge is -1.95. The van der Waals surface area contributed by atoms with Gasteiger partial charge in [-0.15, -0.1) is 12.1 Å². The highest BCUT2D eigenvalue weighted by Gasteiger charge is 1.82. The Kier molecular flexibility index (Phi) is 1.24. The first-order chi connectivity index (χ1) is 3.80. The summed E-state index contributed by atoms with van der Waals surface area (Å²) in [5.74, 6) is -1.78. The van der Waals surface area contributed by atoms with Crippen LogP contribution in [0.5, 0.6) is 0 Å². The van der Waals surface area contributed by atoms with E-state index in [4.69, 9.17) is 0 Å². The molecule has 0 fully saturated rings. The summed E-state index contributed by atoms with van der Waals surface area (Å²) >= 11 is 0. The van der Waals surface area contributed by atoms with Gasteiger partial charge < -0.3 is 0 Å². The highest BCUT2D eigenvalue weighted by atomic mass is 19.2. The maximum atomic E-state index is 11.9. The predicted octanol–water partition coefficient (Wildman–Crippen LogP) is 1.76. The van der Waals surface area contributed by atoms with Crippen LogP contribution in [-0.2, 0) is 0 Å². The van der Waals surface area contributed by atoms with Crippen molar-refractivity contribution in [2.45, 2.75) is 0 Å². The van der Waals surface area contributed by atoms with Gasteiger partial charge in [0.2, 0.25) is 0 Å². The predicted molar refractivity (Wildman–Crippen MR) is 25.2 cm³/mol.